The van der Waals surface area contributed by atoms with E-state index in [0.29, 0.717) is 5.56 Å². The van der Waals surface area contributed by atoms with Gasteiger partial charge in [0.05, 0.1) is 0 Å². The van der Waals surface area contributed by atoms with Gasteiger partial charge in [-0.2, -0.15) is 0 Å². The average molecular weight is 319 g/mol. The van der Waals surface area contributed by atoms with Crippen molar-refractivity contribution in [2.24, 2.45) is 0 Å². The molecule has 0 unspecified atom stereocenters. The van der Waals surface area contributed by atoms with E-state index in [1.165, 1.54) is 5.57 Å². The number of allylic oxidation sites excluding steroid dienone is 3. The van der Waals surface area contributed by atoms with E-state index in [1.807, 2.05) is 20.8 Å². The summed E-state index contributed by atoms with van der Waals surface area (Å²) in [5.41, 5.74) is 3.06. The van der Waals surface area contributed by atoms with Crippen LogP contribution < -0.4 is 0 Å². The van der Waals surface area contributed by atoms with E-state index in [-0.39, 0.29) is 17.4 Å². The van der Waals surface area contributed by atoms with E-state index in [9.17, 15) is 10.2 Å². The fourth-order valence-corrected chi connectivity index (χ4v) is 2.83. The molecule has 2 rings (SSSR count). The van der Waals surface area contributed by atoms with Gasteiger partial charge in [0.25, 0.3) is 0 Å². The number of rotatable bonds is 3. The second-order valence-electron chi connectivity index (χ2n) is 5.72. The lowest BCUT2D eigenvalue weighted by Gasteiger charge is -2.22. The van der Waals surface area contributed by atoms with Crippen LogP contribution in [-0.4, -0.2) is 10.2 Å². The number of aryl methyl sites for hydroxylation is 1. The van der Waals surface area contributed by atoms with Gasteiger partial charge in [0.1, 0.15) is 11.5 Å². The van der Waals surface area contributed by atoms with Crippen LogP contribution in [-0.2, 0) is 6.42 Å². The molecule has 0 amide bonds. The van der Waals surface area contributed by atoms with Crippen molar-refractivity contribution in [1.29, 1.82) is 0 Å². The van der Waals surface area contributed by atoms with Crippen molar-refractivity contribution in [2.75, 3.05) is 0 Å². The zero-order valence-corrected chi connectivity index (χ0v) is 15.5. The predicted molar refractivity (Wildman–Crippen MR) is 101 cm³/mol. The molecule has 0 saturated carbocycles. The molecule has 1 aromatic rings. The Morgan fingerprint density at radius 3 is 2.17 bits per heavy atom. The van der Waals surface area contributed by atoms with E-state index in [0.717, 1.165) is 37.7 Å². The third-order valence-corrected chi connectivity index (χ3v) is 3.68. The number of phenolic OH excluding ortho intramolecular Hbond substituents is 2. The molecule has 130 valence electrons. The molecule has 0 aliphatic heterocycles. The molecule has 2 nitrogen and oxygen atoms in total. The Kier molecular flexibility index (Phi) is 10.9. The van der Waals surface area contributed by atoms with Crippen LogP contribution in [0.25, 0.3) is 0 Å². The minimum absolute atomic E-state index is 0.162. The molecule has 1 aromatic carbocycles. The van der Waals surface area contributed by atoms with Crippen LogP contribution in [0.1, 0.15) is 77.3 Å². The maximum absolute atomic E-state index is 10.1. The van der Waals surface area contributed by atoms with Crippen molar-refractivity contribution in [1.82, 2.24) is 0 Å². The minimum atomic E-state index is 0.162. The normalized spacial score (nSPS) is 16.2. The predicted octanol–water partition coefficient (Wildman–Crippen LogP) is 6.48. The molecule has 23 heavy (non-hydrogen) atoms. The van der Waals surface area contributed by atoms with E-state index < -0.39 is 0 Å². The van der Waals surface area contributed by atoms with E-state index in [1.54, 1.807) is 18.2 Å². The Balaban J connectivity index is 0.000000868. The van der Waals surface area contributed by atoms with E-state index in [4.69, 9.17) is 0 Å². The smallest absolute Gasteiger partial charge is 0.123 e. The highest BCUT2D eigenvalue weighted by Gasteiger charge is 2.21. The molecular formula is C21H34O2. The quantitative estimate of drug-likeness (QED) is 0.626. The molecule has 1 aliphatic rings. The van der Waals surface area contributed by atoms with Crippen LogP contribution in [0, 0.1) is 0 Å². The maximum atomic E-state index is 10.1. The first-order chi connectivity index (χ1) is 11.0. The number of benzene rings is 1. The Hall–Kier alpha value is -1.70. The summed E-state index contributed by atoms with van der Waals surface area (Å²) in [6.07, 6.45) is 9.10. The Morgan fingerprint density at radius 2 is 1.74 bits per heavy atom. The standard InChI is InChI=1S/C16H22O2.C3H6.C2H6/c1-3-5-12-9-14(17)16(15(18)10-12)13-7-4-6-11(2)8-13;1-3-2;1-2/h8-10,13,17-18H,3-7H2,1-2H3;3H,1H2,2H3;1-2H3/t13-;;/m0../s1. The lowest BCUT2D eigenvalue weighted by atomic mass is 9.84. The lowest BCUT2D eigenvalue weighted by Crippen LogP contribution is -2.03. The molecule has 0 heterocycles. The Bertz CT molecular complexity index is 478. The van der Waals surface area contributed by atoms with Crippen LogP contribution in [0.5, 0.6) is 11.5 Å². The summed E-state index contributed by atoms with van der Waals surface area (Å²) in [6, 6.07) is 3.60. The second kappa shape index (κ2) is 11.8. The number of hydrogen-bond donors (Lipinski definition) is 2. The summed E-state index contributed by atoms with van der Waals surface area (Å²) in [5.74, 6) is 0.651. The van der Waals surface area contributed by atoms with Crippen molar-refractivity contribution in [2.45, 2.75) is 72.6 Å². The third kappa shape index (κ3) is 6.94. The topological polar surface area (TPSA) is 40.5 Å². The molecule has 0 radical (unpaired) electrons. The minimum Gasteiger partial charge on any atom is -0.507 e. The van der Waals surface area contributed by atoms with Crippen LogP contribution in [0.4, 0.5) is 0 Å². The van der Waals surface area contributed by atoms with Crippen LogP contribution in [0.3, 0.4) is 0 Å². The van der Waals surface area contributed by atoms with Crippen LogP contribution in [0.15, 0.2) is 36.4 Å². The van der Waals surface area contributed by atoms with Gasteiger partial charge in [0, 0.05) is 11.5 Å². The Labute approximate surface area is 142 Å². The van der Waals surface area contributed by atoms with Gasteiger partial charge < -0.3 is 10.2 Å². The molecule has 0 fully saturated rings. The van der Waals surface area contributed by atoms with Gasteiger partial charge in [-0.1, -0.05) is 44.9 Å². The third-order valence-electron chi connectivity index (χ3n) is 3.68. The van der Waals surface area contributed by atoms with Crippen molar-refractivity contribution < 1.29 is 10.2 Å². The summed E-state index contributed by atoms with van der Waals surface area (Å²) in [4.78, 5) is 0. The van der Waals surface area contributed by atoms with Gasteiger partial charge in [0.2, 0.25) is 0 Å². The van der Waals surface area contributed by atoms with Gasteiger partial charge in [-0.15, -0.1) is 6.58 Å². The molecule has 0 aromatic heterocycles. The molecular weight excluding hydrogens is 284 g/mol. The lowest BCUT2D eigenvalue weighted by molar-refractivity contribution is 0.427. The number of hydrogen-bond acceptors (Lipinski definition) is 2. The molecule has 1 aliphatic carbocycles. The molecule has 0 bridgehead atoms. The van der Waals surface area contributed by atoms with Gasteiger partial charge in [-0.3, -0.25) is 0 Å². The van der Waals surface area contributed by atoms with Crippen LogP contribution >= 0.6 is 0 Å². The van der Waals surface area contributed by atoms with Gasteiger partial charge >= 0.3 is 0 Å². The van der Waals surface area contributed by atoms with Gasteiger partial charge in [-0.05, 0) is 57.2 Å². The van der Waals surface area contributed by atoms with E-state index in [2.05, 4.69) is 26.5 Å². The van der Waals surface area contributed by atoms with Crippen molar-refractivity contribution in [3.63, 3.8) is 0 Å². The SMILES string of the molecule is C=CC.CC.CCCc1cc(O)c([C@@H]2C=C(C)CCC2)c(O)c1. The molecule has 0 spiro atoms. The number of aromatic hydroxyl groups is 2. The van der Waals surface area contributed by atoms with Crippen molar-refractivity contribution >= 4 is 0 Å². The first-order valence-electron chi connectivity index (χ1n) is 8.82. The highest BCUT2D eigenvalue weighted by Crippen LogP contribution is 2.41. The average Bonchev–Trinajstić information content (AvgIpc) is 2.50. The summed E-state index contributed by atoms with van der Waals surface area (Å²) < 4.78 is 0. The zero-order valence-electron chi connectivity index (χ0n) is 15.5. The van der Waals surface area contributed by atoms with Crippen molar-refractivity contribution in [3.05, 3.63) is 47.6 Å². The molecule has 2 heteroatoms. The first-order valence-corrected chi connectivity index (χ1v) is 8.82. The fraction of sp³-hybridized carbons (Fsp3) is 0.524. The summed E-state index contributed by atoms with van der Waals surface area (Å²) in [6.45, 7) is 13.5. The summed E-state index contributed by atoms with van der Waals surface area (Å²) >= 11 is 0. The highest BCUT2D eigenvalue weighted by molar-refractivity contribution is 5.50. The van der Waals surface area contributed by atoms with Gasteiger partial charge in [-0.25, -0.2) is 0 Å². The fourth-order valence-electron chi connectivity index (χ4n) is 2.83. The summed E-state index contributed by atoms with van der Waals surface area (Å²) in [7, 11) is 0. The van der Waals surface area contributed by atoms with Crippen molar-refractivity contribution in [3.8, 4) is 11.5 Å². The zero-order chi connectivity index (χ0) is 17.8. The molecule has 0 saturated heterocycles. The highest BCUT2D eigenvalue weighted by atomic mass is 16.3. The summed E-state index contributed by atoms with van der Waals surface area (Å²) in [5, 5.41) is 20.3. The molecule has 2 N–H and O–H groups in total. The molecule has 1 atom stereocenters. The van der Waals surface area contributed by atoms with E-state index >= 15 is 0 Å². The van der Waals surface area contributed by atoms with Crippen LogP contribution in [0.2, 0.25) is 0 Å². The first kappa shape index (κ1) is 21.3. The second-order valence-corrected chi connectivity index (χ2v) is 5.72. The Morgan fingerprint density at radius 1 is 1.22 bits per heavy atom. The van der Waals surface area contributed by atoms with Gasteiger partial charge in [0.15, 0.2) is 0 Å². The monoisotopic (exact) mass is 318 g/mol. The number of phenols is 2. The largest absolute Gasteiger partial charge is 0.507 e. The maximum Gasteiger partial charge on any atom is 0.123 e.